The number of rotatable bonds is 4. The number of hydrogen-bond acceptors (Lipinski definition) is 7. The highest BCUT2D eigenvalue weighted by atomic mass is 16.5. The van der Waals surface area contributed by atoms with Crippen LogP contribution < -0.4 is 4.90 Å². The fraction of sp³-hybridized carbons (Fsp3) is 0.500. The van der Waals surface area contributed by atoms with Crippen LogP contribution in [0.5, 0.6) is 0 Å². The molecule has 3 aromatic rings. The lowest BCUT2D eigenvalue weighted by molar-refractivity contribution is 0.0680. The number of amides is 1. The molecular formula is C24H29N5O3. The number of piperidine rings is 2. The Hall–Kier alpha value is -3.16. The van der Waals surface area contributed by atoms with Crippen LogP contribution in [0, 0.1) is 12.8 Å². The zero-order valence-electron chi connectivity index (χ0n) is 18.7. The summed E-state index contributed by atoms with van der Waals surface area (Å²) < 4.78 is 10.9. The highest BCUT2D eigenvalue weighted by Gasteiger charge is 2.30. The van der Waals surface area contributed by atoms with E-state index in [2.05, 4.69) is 17.0 Å². The number of carbonyl (C=O) groups excluding carboxylic acids is 1. The van der Waals surface area contributed by atoms with Gasteiger partial charge in [-0.1, -0.05) is 12.1 Å². The summed E-state index contributed by atoms with van der Waals surface area (Å²) in [7, 11) is 0. The molecule has 8 nitrogen and oxygen atoms in total. The van der Waals surface area contributed by atoms with Crippen LogP contribution in [-0.2, 0) is 0 Å². The van der Waals surface area contributed by atoms with E-state index >= 15 is 0 Å². The van der Waals surface area contributed by atoms with Gasteiger partial charge in [0.15, 0.2) is 11.5 Å². The molecule has 32 heavy (non-hydrogen) atoms. The third kappa shape index (κ3) is 4.13. The molecule has 5 heterocycles. The maximum atomic E-state index is 12.7. The Balaban J connectivity index is 1.40. The standard InChI is InChI=1S/C24H29N5O3/c1-16-5-3-9-29(15-16)24-25-14-19(21-13-17(2)27-32-21)22(26-24)18-7-10-28(11-8-18)23(30)20-6-4-12-31-20/h4,6,12-14,16,18H,3,5,7-11,15H2,1-2H3/t16-/m0/s1. The molecular weight excluding hydrogens is 406 g/mol. The Kier molecular flexibility index (Phi) is 5.68. The Bertz CT molecular complexity index is 1070. The summed E-state index contributed by atoms with van der Waals surface area (Å²) in [5.41, 5.74) is 2.73. The molecule has 0 unspecified atom stereocenters. The van der Waals surface area contributed by atoms with E-state index in [0.717, 1.165) is 55.3 Å². The summed E-state index contributed by atoms with van der Waals surface area (Å²) in [5.74, 6) is 2.70. The molecule has 0 N–H and O–H groups in total. The van der Waals surface area contributed by atoms with Gasteiger partial charge in [-0.25, -0.2) is 9.97 Å². The highest BCUT2D eigenvalue weighted by Crippen LogP contribution is 2.36. The van der Waals surface area contributed by atoms with Crippen molar-refractivity contribution in [3.63, 3.8) is 0 Å². The first kappa shape index (κ1) is 20.7. The van der Waals surface area contributed by atoms with Crippen molar-refractivity contribution in [1.29, 1.82) is 0 Å². The van der Waals surface area contributed by atoms with Crippen LogP contribution in [0.25, 0.3) is 11.3 Å². The number of furan rings is 1. The molecule has 1 amide bonds. The topological polar surface area (TPSA) is 88.5 Å². The largest absolute Gasteiger partial charge is 0.459 e. The van der Waals surface area contributed by atoms with Crippen LogP contribution in [0.1, 0.15) is 60.5 Å². The zero-order valence-corrected chi connectivity index (χ0v) is 18.7. The molecule has 0 aliphatic carbocycles. The van der Waals surface area contributed by atoms with E-state index in [1.165, 1.54) is 12.7 Å². The van der Waals surface area contributed by atoms with Gasteiger partial charge in [-0.15, -0.1) is 0 Å². The molecule has 2 saturated heterocycles. The van der Waals surface area contributed by atoms with Crippen LogP contribution in [0.2, 0.25) is 0 Å². The fourth-order valence-corrected chi connectivity index (χ4v) is 4.81. The summed E-state index contributed by atoms with van der Waals surface area (Å²) in [6.07, 6.45) is 7.50. The third-order valence-corrected chi connectivity index (χ3v) is 6.54. The molecule has 8 heteroatoms. The second-order valence-electron chi connectivity index (χ2n) is 9.04. The Morgan fingerprint density at radius 2 is 2.03 bits per heavy atom. The van der Waals surface area contributed by atoms with Gasteiger partial charge in [0, 0.05) is 44.4 Å². The van der Waals surface area contributed by atoms with Crippen LogP contribution in [0.3, 0.4) is 0 Å². The average Bonchev–Trinajstić information content (AvgIpc) is 3.50. The first-order valence-corrected chi connectivity index (χ1v) is 11.5. The first-order valence-electron chi connectivity index (χ1n) is 11.5. The first-order chi connectivity index (χ1) is 15.6. The lowest BCUT2D eigenvalue weighted by Crippen LogP contribution is -2.38. The van der Waals surface area contributed by atoms with E-state index in [-0.39, 0.29) is 11.8 Å². The number of anilines is 1. The predicted molar refractivity (Wildman–Crippen MR) is 119 cm³/mol. The molecule has 2 aliphatic rings. The normalized spacial score (nSPS) is 20.0. The molecule has 1 atom stereocenters. The zero-order chi connectivity index (χ0) is 22.1. The summed E-state index contributed by atoms with van der Waals surface area (Å²) in [6.45, 7) is 7.50. The average molecular weight is 436 g/mol. The van der Waals surface area contributed by atoms with Crippen LogP contribution in [0.15, 0.2) is 39.6 Å². The summed E-state index contributed by atoms with van der Waals surface area (Å²) >= 11 is 0. The maximum Gasteiger partial charge on any atom is 0.289 e. The van der Waals surface area contributed by atoms with Gasteiger partial charge in [0.1, 0.15) is 0 Å². The molecule has 0 aromatic carbocycles. The summed E-state index contributed by atoms with van der Waals surface area (Å²) in [4.78, 5) is 26.6. The van der Waals surface area contributed by atoms with Gasteiger partial charge < -0.3 is 18.7 Å². The molecule has 2 aliphatic heterocycles. The minimum absolute atomic E-state index is 0.0507. The maximum absolute atomic E-state index is 12.7. The van der Waals surface area contributed by atoms with Crippen molar-refractivity contribution in [3.8, 4) is 11.3 Å². The molecule has 0 saturated carbocycles. The van der Waals surface area contributed by atoms with Gasteiger partial charge >= 0.3 is 0 Å². The van der Waals surface area contributed by atoms with Crippen molar-refractivity contribution in [3.05, 3.63) is 47.8 Å². The molecule has 2 fully saturated rings. The summed E-state index contributed by atoms with van der Waals surface area (Å²) in [5, 5.41) is 4.06. The molecule has 0 radical (unpaired) electrons. The van der Waals surface area contributed by atoms with Crippen LogP contribution >= 0.6 is 0 Å². The second-order valence-corrected chi connectivity index (χ2v) is 9.04. The lowest BCUT2D eigenvalue weighted by Gasteiger charge is -2.33. The van der Waals surface area contributed by atoms with E-state index in [4.69, 9.17) is 18.9 Å². The van der Waals surface area contributed by atoms with Crippen molar-refractivity contribution in [2.24, 2.45) is 5.92 Å². The fourth-order valence-electron chi connectivity index (χ4n) is 4.81. The third-order valence-electron chi connectivity index (χ3n) is 6.54. The van der Waals surface area contributed by atoms with Crippen molar-refractivity contribution < 1.29 is 13.7 Å². The second kappa shape index (κ2) is 8.76. The van der Waals surface area contributed by atoms with Gasteiger partial charge in [-0.2, -0.15) is 0 Å². The van der Waals surface area contributed by atoms with Crippen molar-refractivity contribution in [2.45, 2.75) is 45.4 Å². The minimum Gasteiger partial charge on any atom is -0.459 e. The van der Waals surface area contributed by atoms with Gasteiger partial charge in [-0.3, -0.25) is 4.79 Å². The monoisotopic (exact) mass is 435 g/mol. The van der Waals surface area contributed by atoms with Crippen molar-refractivity contribution in [1.82, 2.24) is 20.0 Å². The van der Waals surface area contributed by atoms with Gasteiger partial charge in [0.05, 0.1) is 23.2 Å². The number of likely N-dealkylation sites (tertiary alicyclic amines) is 1. The van der Waals surface area contributed by atoms with E-state index in [9.17, 15) is 4.79 Å². The number of nitrogens with zero attached hydrogens (tertiary/aromatic N) is 5. The molecule has 5 rings (SSSR count). The van der Waals surface area contributed by atoms with E-state index in [1.54, 1.807) is 12.1 Å². The van der Waals surface area contributed by atoms with E-state index < -0.39 is 0 Å². The highest BCUT2D eigenvalue weighted by molar-refractivity contribution is 5.91. The molecule has 0 spiro atoms. The Morgan fingerprint density at radius 3 is 2.72 bits per heavy atom. The van der Waals surface area contributed by atoms with Crippen molar-refractivity contribution in [2.75, 3.05) is 31.1 Å². The Labute approximate surface area is 187 Å². The number of hydrogen-bond donors (Lipinski definition) is 0. The van der Waals surface area contributed by atoms with E-state index in [0.29, 0.717) is 30.5 Å². The van der Waals surface area contributed by atoms with Gasteiger partial charge in [0.2, 0.25) is 5.95 Å². The lowest BCUT2D eigenvalue weighted by atomic mass is 9.90. The van der Waals surface area contributed by atoms with Crippen LogP contribution in [0.4, 0.5) is 5.95 Å². The number of aromatic nitrogens is 3. The number of aryl methyl sites for hydroxylation is 1. The van der Waals surface area contributed by atoms with Crippen LogP contribution in [-0.4, -0.2) is 52.1 Å². The predicted octanol–water partition coefficient (Wildman–Crippen LogP) is 4.29. The smallest absolute Gasteiger partial charge is 0.289 e. The minimum atomic E-state index is -0.0507. The molecule has 3 aromatic heterocycles. The molecule has 0 bridgehead atoms. The van der Waals surface area contributed by atoms with E-state index in [1.807, 2.05) is 24.1 Å². The Morgan fingerprint density at radius 1 is 1.19 bits per heavy atom. The summed E-state index contributed by atoms with van der Waals surface area (Å²) in [6, 6.07) is 5.39. The molecule has 168 valence electrons. The van der Waals surface area contributed by atoms with Gasteiger partial charge in [0.25, 0.3) is 5.91 Å². The van der Waals surface area contributed by atoms with Gasteiger partial charge in [-0.05, 0) is 50.7 Å². The SMILES string of the molecule is Cc1cc(-c2cnc(N3CCC[C@H](C)C3)nc2C2CCN(C(=O)c3ccco3)CC2)on1. The van der Waals surface area contributed by atoms with Crippen molar-refractivity contribution >= 4 is 11.9 Å². The number of carbonyl (C=O) groups is 1. The quantitative estimate of drug-likeness (QED) is 0.604.